The Morgan fingerprint density at radius 1 is 1.23 bits per heavy atom. The van der Waals surface area contributed by atoms with Crippen molar-refractivity contribution in [3.63, 3.8) is 0 Å². The first-order valence-corrected chi connectivity index (χ1v) is 9.25. The second-order valence-corrected chi connectivity index (χ2v) is 7.04. The minimum absolute atomic E-state index is 0.0252. The van der Waals surface area contributed by atoms with Gasteiger partial charge < -0.3 is 24.4 Å². The number of aromatic nitrogens is 1. The molecule has 7 nitrogen and oxygen atoms in total. The molecule has 2 heterocycles. The summed E-state index contributed by atoms with van der Waals surface area (Å²) < 4.78 is 10.7. The van der Waals surface area contributed by atoms with Crippen LogP contribution in [0.2, 0.25) is 5.02 Å². The third-order valence-electron chi connectivity index (χ3n) is 4.51. The lowest BCUT2D eigenvalue weighted by molar-refractivity contribution is -1.01. The first-order valence-electron chi connectivity index (χ1n) is 8.87. The van der Waals surface area contributed by atoms with E-state index in [1.807, 2.05) is 24.3 Å². The number of quaternary nitrogens is 2. The lowest BCUT2D eigenvalue weighted by Crippen LogP contribution is -3.28. The average molecular weight is 381 g/mol. The second-order valence-electron chi connectivity index (χ2n) is 6.60. The lowest BCUT2D eigenvalue weighted by atomic mass is 10.3. The summed E-state index contributed by atoms with van der Waals surface area (Å²) in [6.45, 7) is 7.92. The van der Waals surface area contributed by atoms with E-state index >= 15 is 0 Å². The molecule has 0 spiro atoms. The molecule has 3 N–H and O–H groups in total. The number of hydrogen-bond donors (Lipinski definition) is 3. The summed E-state index contributed by atoms with van der Waals surface area (Å²) in [5.74, 6) is 1.99. The summed E-state index contributed by atoms with van der Waals surface area (Å²) in [4.78, 5) is 14.9. The zero-order chi connectivity index (χ0) is 18.4. The van der Waals surface area contributed by atoms with Gasteiger partial charge in [0.1, 0.15) is 50.8 Å². The predicted molar refractivity (Wildman–Crippen MR) is 97.9 cm³/mol. The third kappa shape index (κ3) is 5.72. The molecule has 1 aromatic heterocycles. The molecule has 0 unspecified atom stereocenters. The Labute approximate surface area is 157 Å². The molecule has 1 aliphatic rings. The van der Waals surface area contributed by atoms with Gasteiger partial charge in [0.05, 0.1) is 0 Å². The molecule has 0 bridgehead atoms. The average Bonchev–Trinajstić information content (AvgIpc) is 3.03. The molecule has 0 atom stereocenters. The fourth-order valence-corrected chi connectivity index (χ4v) is 3.19. The number of carbonyl (C=O) groups excluding carboxylic acids is 1. The van der Waals surface area contributed by atoms with Gasteiger partial charge in [-0.15, -0.1) is 0 Å². The van der Waals surface area contributed by atoms with Gasteiger partial charge in [0.2, 0.25) is 0 Å². The summed E-state index contributed by atoms with van der Waals surface area (Å²) >= 11 is 5.86. The monoisotopic (exact) mass is 380 g/mol. The number of aryl methyl sites for hydroxylation is 1. The van der Waals surface area contributed by atoms with Gasteiger partial charge in [-0.2, -0.15) is 0 Å². The van der Waals surface area contributed by atoms with Crippen LogP contribution >= 0.6 is 11.6 Å². The molecular weight excluding hydrogens is 356 g/mol. The Morgan fingerprint density at radius 2 is 1.92 bits per heavy atom. The van der Waals surface area contributed by atoms with Crippen molar-refractivity contribution in [3.8, 4) is 5.75 Å². The van der Waals surface area contributed by atoms with Crippen LogP contribution in [0.15, 0.2) is 34.9 Å². The SMILES string of the molecule is Cc1cc(NC(=O)C[NH+]2CC[NH+](CCOc3ccc(Cl)cc3)CC2)no1. The summed E-state index contributed by atoms with van der Waals surface area (Å²) in [5.41, 5.74) is 0. The summed E-state index contributed by atoms with van der Waals surface area (Å²) in [7, 11) is 0. The normalized spacial score (nSPS) is 19.9. The smallest absolute Gasteiger partial charge is 0.280 e. The van der Waals surface area contributed by atoms with E-state index < -0.39 is 0 Å². The zero-order valence-electron chi connectivity index (χ0n) is 14.9. The van der Waals surface area contributed by atoms with Crippen molar-refractivity contribution in [1.29, 1.82) is 0 Å². The van der Waals surface area contributed by atoms with Gasteiger partial charge in [-0.1, -0.05) is 16.8 Å². The number of benzene rings is 1. The van der Waals surface area contributed by atoms with Crippen molar-refractivity contribution in [2.45, 2.75) is 6.92 Å². The van der Waals surface area contributed by atoms with E-state index in [0.29, 0.717) is 29.8 Å². The van der Waals surface area contributed by atoms with Crippen LogP contribution in [0, 0.1) is 6.92 Å². The number of piperazine rings is 1. The molecule has 1 aliphatic heterocycles. The number of anilines is 1. The van der Waals surface area contributed by atoms with Gasteiger partial charge in [0, 0.05) is 11.1 Å². The Kier molecular flexibility index (Phi) is 6.49. The maximum atomic E-state index is 12.1. The van der Waals surface area contributed by atoms with Gasteiger partial charge in [-0.25, -0.2) is 0 Å². The van der Waals surface area contributed by atoms with E-state index in [-0.39, 0.29) is 5.91 Å². The first kappa shape index (κ1) is 18.7. The predicted octanol–water partition coefficient (Wildman–Crippen LogP) is -0.563. The molecule has 1 saturated heterocycles. The van der Waals surface area contributed by atoms with Crippen molar-refractivity contribution in [2.75, 3.05) is 51.2 Å². The Bertz CT molecular complexity index is 711. The van der Waals surface area contributed by atoms with Crippen LogP contribution in [0.3, 0.4) is 0 Å². The van der Waals surface area contributed by atoms with E-state index in [9.17, 15) is 4.79 Å². The number of halogens is 1. The molecule has 0 radical (unpaired) electrons. The highest BCUT2D eigenvalue weighted by atomic mass is 35.5. The van der Waals surface area contributed by atoms with Crippen molar-refractivity contribution in [1.82, 2.24) is 5.16 Å². The number of nitrogens with one attached hydrogen (secondary N) is 3. The molecule has 0 aliphatic carbocycles. The highest BCUT2D eigenvalue weighted by Gasteiger charge is 2.24. The lowest BCUT2D eigenvalue weighted by Gasteiger charge is -2.29. The fourth-order valence-electron chi connectivity index (χ4n) is 3.07. The van der Waals surface area contributed by atoms with Crippen molar-refractivity contribution in [2.24, 2.45) is 0 Å². The molecular formula is C18H25ClN4O3+2. The van der Waals surface area contributed by atoms with Crippen molar-refractivity contribution in [3.05, 3.63) is 41.1 Å². The largest absolute Gasteiger partial charge is 0.488 e. The number of carbonyl (C=O) groups is 1. The number of nitrogens with zero attached hydrogens (tertiary/aromatic N) is 1. The molecule has 1 fully saturated rings. The topological polar surface area (TPSA) is 73.2 Å². The number of hydrogen-bond acceptors (Lipinski definition) is 4. The number of rotatable bonds is 7. The maximum Gasteiger partial charge on any atom is 0.280 e. The van der Waals surface area contributed by atoms with E-state index in [4.69, 9.17) is 20.9 Å². The molecule has 1 amide bonds. The quantitative estimate of drug-likeness (QED) is 0.602. The summed E-state index contributed by atoms with van der Waals surface area (Å²) in [6.07, 6.45) is 0. The number of amides is 1. The van der Waals surface area contributed by atoms with E-state index in [2.05, 4.69) is 10.5 Å². The Morgan fingerprint density at radius 3 is 2.58 bits per heavy atom. The van der Waals surface area contributed by atoms with Crippen LogP contribution < -0.4 is 19.9 Å². The molecule has 8 heteroatoms. The molecule has 140 valence electrons. The maximum absolute atomic E-state index is 12.1. The van der Waals surface area contributed by atoms with Crippen molar-refractivity contribution < 1.29 is 23.9 Å². The van der Waals surface area contributed by atoms with Crippen LogP contribution in [-0.2, 0) is 4.79 Å². The molecule has 2 aromatic rings. The first-order chi connectivity index (χ1) is 12.6. The van der Waals surface area contributed by atoms with E-state index in [0.717, 1.165) is 38.5 Å². The van der Waals surface area contributed by atoms with Crippen LogP contribution in [0.5, 0.6) is 5.75 Å². The fraction of sp³-hybridized carbons (Fsp3) is 0.444. The van der Waals surface area contributed by atoms with Crippen LogP contribution in [0.25, 0.3) is 0 Å². The van der Waals surface area contributed by atoms with Gasteiger partial charge in [-0.3, -0.25) is 4.79 Å². The van der Waals surface area contributed by atoms with E-state index in [1.54, 1.807) is 13.0 Å². The summed E-state index contributed by atoms with van der Waals surface area (Å²) in [5, 5.41) is 7.27. The standard InChI is InChI=1S/C18H23ClN4O3/c1-14-12-17(21-26-14)20-18(24)13-23-8-6-22(7-9-23)10-11-25-16-4-2-15(19)3-5-16/h2-5,12H,6-11,13H2,1H3,(H,20,21,24)/p+2. The van der Waals surface area contributed by atoms with Crippen molar-refractivity contribution >= 4 is 23.3 Å². The van der Waals surface area contributed by atoms with E-state index in [1.165, 1.54) is 9.80 Å². The Hall–Kier alpha value is -2.09. The van der Waals surface area contributed by atoms with Gasteiger partial charge in [0.25, 0.3) is 5.91 Å². The zero-order valence-corrected chi connectivity index (χ0v) is 15.6. The van der Waals surface area contributed by atoms with Crippen LogP contribution in [0.4, 0.5) is 5.82 Å². The Balaban J connectivity index is 1.32. The van der Waals surface area contributed by atoms with Gasteiger partial charge in [0.15, 0.2) is 12.4 Å². The minimum atomic E-state index is -0.0252. The molecule has 26 heavy (non-hydrogen) atoms. The highest BCUT2D eigenvalue weighted by Crippen LogP contribution is 2.14. The summed E-state index contributed by atoms with van der Waals surface area (Å²) in [6, 6.07) is 9.15. The number of ether oxygens (including phenoxy) is 1. The molecule has 1 aromatic carbocycles. The van der Waals surface area contributed by atoms with Gasteiger partial charge in [-0.05, 0) is 31.2 Å². The molecule has 3 rings (SSSR count). The minimum Gasteiger partial charge on any atom is -0.488 e. The second kappa shape index (κ2) is 9.02. The van der Waals surface area contributed by atoms with Gasteiger partial charge >= 0.3 is 0 Å². The van der Waals surface area contributed by atoms with Crippen LogP contribution in [0.1, 0.15) is 5.76 Å². The third-order valence-corrected chi connectivity index (χ3v) is 4.76. The van der Waals surface area contributed by atoms with Crippen LogP contribution in [-0.4, -0.2) is 56.9 Å². The highest BCUT2D eigenvalue weighted by molar-refractivity contribution is 6.30. The molecule has 0 saturated carbocycles.